The maximum Gasteiger partial charge on any atom is 0.214 e. The second-order valence-electron chi connectivity index (χ2n) is 3.44. The van der Waals surface area contributed by atoms with Crippen molar-refractivity contribution in [3.8, 4) is 0 Å². The van der Waals surface area contributed by atoms with Gasteiger partial charge in [-0.05, 0) is 48.5 Å². The molecule has 5 heteroatoms. The highest BCUT2D eigenvalue weighted by atomic mass is 35.8. The Balaban J connectivity index is 2.08. The lowest BCUT2D eigenvalue weighted by Gasteiger charge is -1.98. The summed E-state index contributed by atoms with van der Waals surface area (Å²) in [7, 11) is 7.55. The number of nitrogen functional groups attached to an aromatic ring is 2. The van der Waals surface area contributed by atoms with Gasteiger partial charge in [0.15, 0.2) is 26.4 Å². The molecule has 4 N–H and O–H groups in total. The van der Waals surface area contributed by atoms with Crippen LogP contribution in [0.3, 0.4) is 0 Å². The number of hydrogen-bond acceptors (Lipinski definition) is 3. The van der Waals surface area contributed by atoms with Gasteiger partial charge in [-0.3, -0.25) is 0 Å². The molecular weight excluding hydrogens is 272 g/mol. The minimum absolute atomic E-state index is 0.407. The highest BCUT2D eigenvalue weighted by Crippen LogP contribution is 2.36. The van der Waals surface area contributed by atoms with Crippen molar-refractivity contribution in [1.82, 2.24) is 0 Å². The molecular formula is C12H12ClN2S2+. The lowest BCUT2D eigenvalue weighted by atomic mass is 10.3. The molecule has 2 nitrogen and oxygen atoms in total. The van der Waals surface area contributed by atoms with Crippen LogP contribution in [0.5, 0.6) is 0 Å². The molecule has 0 aromatic heterocycles. The van der Waals surface area contributed by atoms with E-state index in [0.29, 0.717) is 0 Å². The SMILES string of the molecule is Nc1ccc(S[S+](Cl)c2ccc(N)cc2)cc1. The van der Waals surface area contributed by atoms with Crippen LogP contribution in [-0.4, -0.2) is 0 Å². The molecule has 0 aliphatic heterocycles. The van der Waals surface area contributed by atoms with E-state index in [1.807, 2.05) is 48.5 Å². The molecule has 17 heavy (non-hydrogen) atoms. The van der Waals surface area contributed by atoms with Crippen molar-refractivity contribution in [2.24, 2.45) is 0 Å². The van der Waals surface area contributed by atoms with Crippen LogP contribution in [0.1, 0.15) is 0 Å². The van der Waals surface area contributed by atoms with Gasteiger partial charge in [0, 0.05) is 11.4 Å². The van der Waals surface area contributed by atoms with Gasteiger partial charge in [0.2, 0.25) is 9.14 Å². The van der Waals surface area contributed by atoms with E-state index in [1.54, 1.807) is 10.8 Å². The van der Waals surface area contributed by atoms with E-state index in [-0.39, 0.29) is 0 Å². The molecule has 0 radical (unpaired) electrons. The van der Waals surface area contributed by atoms with Crippen molar-refractivity contribution in [2.75, 3.05) is 11.5 Å². The summed E-state index contributed by atoms with van der Waals surface area (Å²) in [4.78, 5) is 2.18. The molecule has 0 saturated heterocycles. The van der Waals surface area contributed by atoms with E-state index in [0.717, 1.165) is 21.2 Å². The Kier molecular flexibility index (Phi) is 4.10. The topological polar surface area (TPSA) is 52.0 Å². The smallest absolute Gasteiger partial charge is 0.214 e. The third-order valence-corrected chi connectivity index (χ3v) is 6.06. The molecule has 0 amide bonds. The zero-order valence-electron chi connectivity index (χ0n) is 8.97. The maximum absolute atomic E-state index is 6.35. The summed E-state index contributed by atoms with van der Waals surface area (Å²) in [6.07, 6.45) is 0. The van der Waals surface area contributed by atoms with E-state index in [1.165, 1.54) is 0 Å². The lowest BCUT2D eigenvalue weighted by molar-refractivity contribution is 1.46. The number of anilines is 2. The minimum Gasteiger partial charge on any atom is -0.399 e. The van der Waals surface area contributed by atoms with E-state index < -0.39 is 9.14 Å². The summed E-state index contributed by atoms with van der Waals surface area (Å²) < 4.78 is 0. The fourth-order valence-corrected chi connectivity index (χ4v) is 4.52. The molecule has 0 saturated carbocycles. The molecule has 0 aliphatic carbocycles. The van der Waals surface area contributed by atoms with Gasteiger partial charge in [-0.15, -0.1) is 0 Å². The van der Waals surface area contributed by atoms with Gasteiger partial charge in [-0.25, -0.2) is 0 Å². The number of halogens is 1. The molecule has 88 valence electrons. The Labute approximate surface area is 112 Å². The molecule has 0 aliphatic rings. The third kappa shape index (κ3) is 3.49. The quantitative estimate of drug-likeness (QED) is 0.513. The van der Waals surface area contributed by atoms with Gasteiger partial charge in [0.1, 0.15) is 0 Å². The second kappa shape index (κ2) is 5.58. The largest absolute Gasteiger partial charge is 0.399 e. The Bertz CT molecular complexity index is 485. The average molecular weight is 284 g/mol. The summed E-state index contributed by atoms with van der Waals surface area (Å²) >= 11 is 0. The molecule has 2 rings (SSSR count). The summed E-state index contributed by atoms with van der Waals surface area (Å²) in [5.41, 5.74) is 12.8. The Morgan fingerprint density at radius 3 is 1.82 bits per heavy atom. The van der Waals surface area contributed by atoms with Crippen LogP contribution < -0.4 is 11.5 Å². The van der Waals surface area contributed by atoms with Crippen molar-refractivity contribution in [3.63, 3.8) is 0 Å². The van der Waals surface area contributed by atoms with E-state index in [4.69, 9.17) is 22.1 Å². The van der Waals surface area contributed by atoms with Crippen LogP contribution in [0.2, 0.25) is 0 Å². The summed E-state index contributed by atoms with van der Waals surface area (Å²) in [6, 6.07) is 15.3. The fraction of sp³-hybridized carbons (Fsp3) is 0. The normalized spacial score (nSPS) is 12.3. The molecule has 1 atom stereocenters. The van der Waals surface area contributed by atoms with Crippen LogP contribution in [-0.2, 0) is 9.14 Å². The van der Waals surface area contributed by atoms with Crippen LogP contribution in [0.4, 0.5) is 11.4 Å². The predicted octanol–water partition coefficient (Wildman–Crippen LogP) is 3.69. The zero-order chi connectivity index (χ0) is 12.3. The minimum atomic E-state index is -0.407. The van der Waals surface area contributed by atoms with Crippen LogP contribution >= 0.6 is 21.5 Å². The Morgan fingerprint density at radius 2 is 1.29 bits per heavy atom. The highest BCUT2D eigenvalue weighted by molar-refractivity contribution is 8.82. The van der Waals surface area contributed by atoms with Crippen LogP contribution in [0.15, 0.2) is 58.3 Å². The predicted molar refractivity (Wildman–Crippen MR) is 79.0 cm³/mol. The van der Waals surface area contributed by atoms with Crippen molar-refractivity contribution in [2.45, 2.75) is 9.79 Å². The first-order valence-electron chi connectivity index (χ1n) is 4.95. The molecule has 0 heterocycles. The molecule has 0 bridgehead atoms. The first-order chi connectivity index (χ1) is 8.15. The third-order valence-electron chi connectivity index (χ3n) is 2.11. The van der Waals surface area contributed by atoms with Crippen LogP contribution in [0, 0.1) is 0 Å². The Morgan fingerprint density at radius 1 is 0.824 bits per heavy atom. The first-order valence-corrected chi connectivity index (χ1v) is 8.33. The zero-order valence-corrected chi connectivity index (χ0v) is 11.4. The van der Waals surface area contributed by atoms with E-state index in [2.05, 4.69) is 0 Å². The van der Waals surface area contributed by atoms with Crippen molar-refractivity contribution >= 4 is 42.0 Å². The summed E-state index contributed by atoms with van der Waals surface area (Å²) in [5, 5.41) is 0. The lowest BCUT2D eigenvalue weighted by Crippen LogP contribution is -1.90. The van der Waals surface area contributed by atoms with E-state index in [9.17, 15) is 0 Å². The van der Waals surface area contributed by atoms with Crippen molar-refractivity contribution in [3.05, 3.63) is 48.5 Å². The number of hydrogen-bond donors (Lipinski definition) is 2. The second-order valence-corrected chi connectivity index (χ2v) is 7.98. The van der Waals surface area contributed by atoms with Crippen LogP contribution in [0.25, 0.3) is 0 Å². The van der Waals surface area contributed by atoms with Gasteiger partial charge in [-0.2, -0.15) is 0 Å². The Hall–Kier alpha value is -0.970. The number of nitrogens with two attached hydrogens (primary N) is 2. The molecule has 0 spiro atoms. The first kappa shape index (κ1) is 12.5. The van der Waals surface area contributed by atoms with Gasteiger partial charge in [0.25, 0.3) is 0 Å². The standard InChI is InChI=1S/C12H12ClN2S2/c13-17(12-7-3-10(15)4-8-12)16-11-5-1-9(14)2-6-11/h1-8H,14-15H2/q+1. The van der Waals surface area contributed by atoms with Crippen molar-refractivity contribution < 1.29 is 0 Å². The van der Waals surface area contributed by atoms with Gasteiger partial charge in [-0.1, -0.05) is 0 Å². The monoisotopic (exact) mass is 283 g/mol. The number of rotatable bonds is 3. The highest BCUT2D eigenvalue weighted by Gasteiger charge is 2.23. The van der Waals surface area contributed by atoms with Gasteiger partial charge < -0.3 is 11.5 Å². The summed E-state index contributed by atoms with van der Waals surface area (Å²) in [6.45, 7) is 0. The summed E-state index contributed by atoms with van der Waals surface area (Å²) in [5.74, 6) is 0. The molecule has 2 aromatic carbocycles. The van der Waals surface area contributed by atoms with Crippen molar-refractivity contribution in [1.29, 1.82) is 0 Å². The molecule has 0 fully saturated rings. The van der Waals surface area contributed by atoms with E-state index >= 15 is 0 Å². The number of benzene rings is 2. The van der Waals surface area contributed by atoms with Gasteiger partial charge >= 0.3 is 0 Å². The molecule has 2 aromatic rings. The fourth-order valence-electron chi connectivity index (χ4n) is 1.23. The van der Waals surface area contributed by atoms with Gasteiger partial charge in [0.05, 0.1) is 4.90 Å². The average Bonchev–Trinajstić information content (AvgIpc) is 2.33. The maximum atomic E-state index is 6.35. The molecule has 1 unspecified atom stereocenters.